The molecule has 0 amide bonds. The van der Waals surface area contributed by atoms with Crippen molar-refractivity contribution in [2.75, 3.05) is 0 Å². The van der Waals surface area contributed by atoms with E-state index in [9.17, 15) is 0 Å². The van der Waals surface area contributed by atoms with Crippen molar-refractivity contribution in [3.8, 4) is 0 Å². The van der Waals surface area contributed by atoms with Gasteiger partial charge in [-0.3, -0.25) is 0 Å². The van der Waals surface area contributed by atoms with Gasteiger partial charge in [0, 0.05) is 0 Å². The first kappa shape index (κ1) is 44.0. The van der Waals surface area contributed by atoms with Crippen LogP contribution in [-0.2, 0) is 18.7 Å². The molecular weight excluding hydrogens is 438 g/mol. The summed E-state index contributed by atoms with van der Waals surface area (Å²) in [6, 6.07) is 0. The van der Waals surface area contributed by atoms with E-state index in [1.54, 1.807) is 0 Å². The van der Waals surface area contributed by atoms with Crippen molar-refractivity contribution in [1.29, 1.82) is 0 Å². The van der Waals surface area contributed by atoms with Gasteiger partial charge in [0.2, 0.25) is 0 Å². The topological polar surface area (TPSA) is 253 Å². The Morgan fingerprint density at radius 2 is 0.600 bits per heavy atom. The van der Waals surface area contributed by atoms with Crippen LogP contribution in [-0.4, -0.2) is 163 Å². The smallest absolute Gasteiger partial charge is 0.822 e. The van der Waals surface area contributed by atoms with Crippen molar-refractivity contribution in [3.05, 3.63) is 0 Å². The number of aliphatic carboxylic acids is 2. The zero-order chi connectivity index (χ0) is 14.2. The molecule has 0 bridgehead atoms. The third kappa shape index (κ3) is 148. The zero-order valence-electron chi connectivity index (χ0n) is 9.62. The van der Waals surface area contributed by atoms with Gasteiger partial charge in [-0.15, -0.1) is 0 Å². The summed E-state index contributed by atoms with van der Waals surface area (Å²) in [5.41, 5.74) is 0. The maximum absolute atomic E-state index is 8.93. The summed E-state index contributed by atoms with van der Waals surface area (Å²) in [6.07, 6.45) is 0. The summed E-state index contributed by atoms with van der Waals surface area (Å²) in [6.45, 7) is 0. The van der Waals surface area contributed by atoms with E-state index < -0.39 is 27.6 Å². The molecule has 98 valence electrons. The minimum absolute atomic E-state index is 0. The first-order valence-electron chi connectivity index (χ1n) is 2.53. The van der Waals surface area contributed by atoms with E-state index >= 15 is 0 Å². The van der Waals surface area contributed by atoms with Gasteiger partial charge in [0.1, 0.15) is 0 Å². The normalized spacial score (nSPS) is 8.10. The van der Waals surface area contributed by atoms with Crippen molar-refractivity contribution >= 4 is 179 Å². The number of hydrogen-bond acceptors (Lipinski definition) is 12. The van der Waals surface area contributed by atoms with Crippen LogP contribution in [0.25, 0.3) is 0 Å². The minimum Gasteiger partial charge on any atom is -0.822 e. The number of carbonyl (C=O) groups is 2. The fourth-order valence-electron chi connectivity index (χ4n) is 0. The van der Waals surface area contributed by atoms with Gasteiger partial charge in [-0.1, -0.05) is 0 Å². The van der Waals surface area contributed by atoms with Crippen molar-refractivity contribution in [2.45, 2.75) is 0 Å². The van der Waals surface area contributed by atoms with E-state index in [1.807, 2.05) is 0 Å². The van der Waals surface area contributed by atoms with Crippen LogP contribution in [0, 0.1) is 0 Å². The Balaban J connectivity index is -0.0000000232. The van der Waals surface area contributed by atoms with Crippen LogP contribution in [0.4, 0.5) is 0 Å². The summed E-state index contributed by atoms with van der Waals surface area (Å²) in [5.74, 6) is -4.37. The molecule has 0 radical (unpaired) electrons. The standard InChI is InChI=1S/C2H2O4.4Ca.2H3O4P/c3-1(4)2(5)6;;;;;2*1-5(2,3)4/h(H,3,4)(H,5,6);;;;;2*(H3,1,2,3,4)/q;4*+2;;/p-8. The Morgan fingerprint density at radius 3 is 0.600 bits per heavy atom. The molecule has 0 fully saturated rings. The molecular formula is C2Ca4O12P2. The molecule has 0 aromatic heterocycles. The number of hydrogen-bond donors (Lipinski definition) is 0. The van der Waals surface area contributed by atoms with Gasteiger partial charge in [0.25, 0.3) is 0 Å². The quantitative estimate of drug-likeness (QED) is 0.194. The summed E-state index contributed by atoms with van der Waals surface area (Å²) >= 11 is 0. The summed E-state index contributed by atoms with van der Waals surface area (Å²) in [4.78, 5) is 69.1. The predicted molar refractivity (Wildman–Crippen MR) is 48.2 cm³/mol. The van der Waals surface area contributed by atoms with E-state index in [0.717, 1.165) is 0 Å². The van der Waals surface area contributed by atoms with Crippen LogP contribution in [0.5, 0.6) is 0 Å². The Kier molecular flexibility index (Phi) is 51.1. The zero-order valence-corrected chi connectivity index (χ0v) is 20.2. The molecule has 0 N–H and O–H groups in total. The second-order valence-corrected chi connectivity index (χ2v) is 3.26. The molecule has 0 saturated carbocycles. The number of carbonyl (C=O) groups excluding carboxylic acids is 2. The molecule has 0 aliphatic rings. The van der Waals surface area contributed by atoms with Gasteiger partial charge in [-0.05, 0) is 0 Å². The van der Waals surface area contributed by atoms with Crippen LogP contribution >= 0.6 is 15.6 Å². The second-order valence-electron chi connectivity index (χ2n) is 1.47. The molecule has 0 aliphatic heterocycles. The molecule has 0 saturated heterocycles. The molecule has 0 spiro atoms. The van der Waals surface area contributed by atoms with Crippen molar-refractivity contribution in [3.63, 3.8) is 0 Å². The van der Waals surface area contributed by atoms with E-state index in [-0.39, 0.29) is 151 Å². The molecule has 18 heteroatoms. The molecule has 12 nitrogen and oxygen atoms in total. The third-order valence-corrected chi connectivity index (χ3v) is 0.167. The molecule has 0 aliphatic carbocycles. The first-order valence-corrected chi connectivity index (χ1v) is 5.45. The number of carboxylic acid groups (broad SMARTS) is 2. The minimum atomic E-state index is -5.39. The first-order chi connectivity index (χ1) is 6.64. The number of phosphoric acid groups is 2. The maximum Gasteiger partial charge on any atom is 2.00 e. The number of carboxylic acids is 2. The van der Waals surface area contributed by atoms with Gasteiger partial charge in [-0.2, -0.15) is 15.6 Å². The van der Waals surface area contributed by atoms with Gasteiger partial charge >= 0.3 is 151 Å². The van der Waals surface area contributed by atoms with Crippen LogP contribution in [0.3, 0.4) is 0 Å². The SMILES string of the molecule is O=C([O-])C(=O)[O-].O=P([O-])([O-])[O-].O=P([O-])([O-])[O-].[Ca+2].[Ca+2].[Ca+2].[Ca+2]. The second kappa shape index (κ2) is 23.2. The van der Waals surface area contributed by atoms with E-state index in [4.69, 9.17) is 58.3 Å². The molecule has 20 heavy (non-hydrogen) atoms. The van der Waals surface area contributed by atoms with Crippen LogP contribution in [0.15, 0.2) is 0 Å². The fourth-order valence-corrected chi connectivity index (χ4v) is 0. The van der Waals surface area contributed by atoms with Crippen LogP contribution in [0.1, 0.15) is 0 Å². The summed E-state index contributed by atoms with van der Waals surface area (Å²) in [7, 11) is -10.8. The van der Waals surface area contributed by atoms with Crippen LogP contribution in [0.2, 0.25) is 0 Å². The monoisotopic (exact) mass is 438 g/mol. The summed E-state index contributed by atoms with van der Waals surface area (Å²) < 4.78 is 17.1. The Labute approximate surface area is 231 Å². The molecule has 0 heterocycles. The van der Waals surface area contributed by atoms with E-state index in [2.05, 4.69) is 0 Å². The van der Waals surface area contributed by atoms with E-state index in [1.165, 1.54) is 0 Å². The average Bonchev–Trinajstić information content (AvgIpc) is 1.77. The average molecular weight is 438 g/mol. The van der Waals surface area contributed by atoms with Gasteiger partial charge in [0.15, 0.2) is 0 Å². The predicted octanol–water partition coefficient (Wildman–Crippen LogP) is -10.7. The molecule has 0 aromatic carbocycles. The van der Waals surface area contributed by atoms with Crippen molar-refractivity contribution < 1.29 is 58.3 Å². The molecule has 0 aromatic rings. The van der Waals surface area contributed by atoms with Crippen LogP contribution < -0.4 is 39.6 Å². The number of rotatable bonds is 0. The van der Waals surface area contributed by atoms with Gasteiger partial charge < -0.3 is 58.3 Å². The largest absolute Gasteiger partial charge is 2.00 e. The third-order valence-electron chi connectivity index (χ3n) is 0.167. The Hall–Kier alpha value is 4.20. The summed E-state index contributed by atoms with van der Waals surface area (Å²) in [5, 5.41) is 17.9. The van der Waals surface area contributed by atoms with Gasteiger partial charge in [0.05, 0.1) is 11.9 Å². The van der Waals surface area contributed by atoms with Crippen molar-refractivity contribution in [2.24, 2.45) is 0 Å². The van der Waals surface area contributed by atoms with Crippen molar-refractivity contribution in [1.82, 2.24) is 0 Å². The fraction of sp³-hybridized carbons (Fsp3) is 0. The maximum atomic E-state index is 8.93. The van der Waals surface area contributed by atoms with Gasteiger partial charge in [-0.25, -0.2) is 0 Å². The Bertz CT molecular complexity index is 271. The Morgan fingerprint density at radius 1 is 0.550 bits per heavy atom. The molecule has 0 unspecified atom stereocenters. The molecule has 0 atom stereocenters. The molecule has 0 rings (SSSR count). The van der Waals surface area contributed by atoms with E-state index in [0.29, 0.717) is 0 Å².